The van der Waals surface area contributed by atoms with Gasteiger partial charge in [-0.05, 0) is 72.0 Å². The second-order valence-corrected chi connectivity index (χ2v) is 8.90. The molecule has 0 aliphatic rings. The zero-order valence-corrected chi connectivity index (χ0v) is 18.6. The van der Waals surface area contributed by atoms with Gasteiger partial charge < -0.3 is 4.90 Å². The van der Waals surface area contributed by atoms with Crippen molar-refractivity contribution in [2.24, 2.45) is 0 Å². The fourth-order valence-electron chi connectivity index (χ4n) is 3.27. The van der Waals surface area contributed by atoms with E-state index in [0.29, 0.717) is 12.2 Å². The predicted octanol–water partition coefficient (Wildman–Crippen LogP) is 4.21. The van der Waals surface area contributed by atoms with Crippen molar-refractivity contribution in [1.29, 1.82) is 0 Å². The SMILES string of the molecule is Cc1cc(C)c2nc(N(CCN(C)C)C(=O)c3cc(C)nn3C(C)C)sc2c1. The van der Waals surface area contributed by atoms with E-state index in [0.717, 1.165) is 33.2 Å². The number of anilines is 1. The van der Waals surface area contributed by atoms with Gasteiger partial charge in [0.2, 0.25) is 0 Å². The van der Waals surface area contributed by atoms with Gasteiger partial charge in [-0.15, -0.1) is 0 Å². The molecule has 7 heteroatoms. The lowest BCUT2D eigenvalue weighted by molar-refractivity contribution is 0.0973. The van der Waals surface area contributed by atoms with Gasteiger partial charge in [0.05, 0.1) is 15.9 Å². The summed E-state index contributed by atoms with van der Waals surface area (Å²) in [5.41, 5.74) is 4.78. The smallest absolute Gasteiger partial charge is 0.278 e. The Labute approximate surface area is 170 Å². The monoisotopic (exact) mass is 399 g/mol. The molecule has 0 bridgehead atoms. The number of rotatable bonds is 6. The molecule has 0 radical (unpaired) electrons. The van der Waals surface area contributed by atoms with Crippen LogP contribution in [0.4, 0.5) is 5.13 Å². The Balaban J connectivity index is 2.07. The number of nitrogens with zero attached hydrogens (tertiary/aromatic N) is 5. The Hall–Kier alpha value is -2.25. The van der Waals surface area contributed by atoms with E-state index in [2.05, 4.69) is 36.0 Å². The third-order valence-corrected chi connectivity index (χ3v) is 5.66. The van der Waals surface area contributed by atoms with Gasteiger partial charge in [-0.3, -0.25) is 14.4 Å². The first-order valence-electron chi connectivity index (χ1n) is 9.58. The molecule has 0 aliphatic heterocycles. The van der Waals surface area contributed by atoms with Gasteiger partial charge in [0.1, 0.15) is 5.69 Å². The van der Waals surface area contributed by atoms with Crippen molar-refractivity contribution in [2.45, 2.75) is 40.7 Å². The summed E-state index contributed by atoms with van der Waals surface area (Å²) in [4.78, 5) is 22.3. The van der Waals surface area contributed by atoms with Crippen LogP contribution >= 0.6 is 11.3 Å². The maximum Gasteiger partial charge on any atom is 0.278 e. The van der Waals surface area contributed by atoms with E-state index in [1.165, 1.54) is 5.56 Å². The van der Waals surface area contributed by atoms with Crippen molar-refractivity contribution in [1.82, 2.24) is 19.7 Å². The van der Waals surface area contributed by atoms with Crippen molar-refractivity contribution in [2.75, 3.05) is 32.1 Å². The minimum atomic E-state index is -0.0513. The van der Waals surface area contributed by atoms with E-state index in [1.807, 2.05) is 45.6 Å². The Bertz CT molecular complexity index is 1000. The Kier molecular flexibility index (Phi) is 5.86. The Morgan fingerprint density at radius 1 is 1.14 bits per heavy atom. The Morgan fingerprint density at radius 2 is 1.86 bits per heavy atom. The maximum absolute atomic E-state index is 13.5. The van der Waals surface area contributed by atoms with Crippen molar-refractivity contribution in [3.63, 3.8) is 0 Å². The molecule has 1 amide bonds. The van der Waals surface area contributed by atoms with E-state index in [9.17, 15) is 4.79 Å². The second kappa shape index (κ2) is 8.01. The van der Waals surface area contributed by atoms with Crippen LogP contribution in [0.3, 0.4) is 0 Å². The number of hydrogen-bond acceptors (Lipinski definition) is 5. The van der Waals surface area contributed by atoms with Crippen LogP contribution in [-0.4, -0.2) is 52.8 Å². The van der Waals surface area contributed by atoms with Crippen molar-refractivity contribution in [3.05, 3.63) is 40.7 Å². The highest BCUT2D eigenvalue weighted by atomic mass is 32.1. The molecule has 28 heavy (non-hydrogen) atoms. The summed E-state index contributed by atoms with van der Waals surface area (Å²) in [7, 11) is 4.02. The molecule has 6 nitrogen and oxygen atoms in total. The molecule has 0 atom stereocenters. The van der Waals surface area contributed by atoms with Gasteiger partial charge in [0, 0.05) is 19.1 Å². The predicted molar refractivity (Wildman–Crippen MR) is 117 cm³/mol. The molecule has 1 aromatic carbocycles. The molecule has 2 heterocycles. The number of carbonyl (C=O) groups excluding carboxylic acids is 1. The summed E-state index contributed by atoms with van der Waals surface area (Å²) in [5.74, 6) is -0.0513. The fourth-order valence-corrected chi connectivity index (χ4v) is 4.43. The molecule has 0 spiro atoms. The molecule has 0 aliphatic carbocycles. The molecule has 0 fully saturated rings. The number of benzene rings is 1. The number of aromatic nitrogens is 3. The number of thiazole rings is 1. The molecule has 3 aromatic rings. The molecule has 0 N–H and O–H groups in total. The van der Waals surface area contributed by atoms with E-state index in [4.69, 9.17) is 4.98 Å². The van der Waals surface area contributed by atoms with Crippen LogP contribution in [0.1, 0.15) is 47.2 Å². The number of fused-ring (bicyclic) bond motifs is 1. The van der Waals surface area contributed by atoms with Gasteiger partial charge in [-0.1, -0.05) is 17.4 Å². The Morgan fingerprint density at radius 3 is 2.50 bits per heavy atom. The largest absolute Gasteiger partial charge is 0.308 e. The van der Waals surface area contributed by atoms with Gasteiger partial charge in [-0.25, -0.2) is 4.98 Å². The summed E-state index contributed by atoms with van der Waals surface area (Å²) in [5, 5.41) is 5.25. The van der Waals surface area contributed by atoms with Gasteiger partial charge >= 0.3 is 0 Å². The molecular formula is C21H29N5OS. The third-order valence-electron chi connectivity index (χ3n) is 4.63. The fraction of sp³-hybridized carbons (Fsp3) is 0.476. The topological polar surface area (TPSA) is 54.3 Å². The van der Waals surface area contributed by atoms with Gasteiger partial charge in [0.25, 0.3) is 5.91 Å². The average molecular weight is 400 g/mol. The maximum atomic E-state index is 13.5. The van der Waals surface area contributed by atoms with E-state index in [-0.39, 0.29) is 11.9 Å². The molecule has 2 aromatic heterocycles. The minimum absolute atomic E-state index is 0.0513. The summed E-state index contributed by atoms with van der Waals surface area (Å²) in [6.45, 7) is 11.5. The molecular weight excluding hydrogens is 370 g/mol. The standard InChI is InChI=1S/C21H29N5OS/c1-13(2)26-17(12-16(5)23-26)20(27)25(9-8-24(6)7)21-22-19-15(4)10-14(3)11-18(19)28-21/h10-13H,8-9H2,1-7H3. The number of amides is 1. The quantitative estimate of drug-likeness (QED) is 0.623. The highest BCUT2D eigenvalue weighted by molar-refractivity contribution is 7.22. The first-order valence-corrected chi connectivity index (χ1v) is 10.4. The molecule has 0 unspecified atom stereocenters. The van der Waals surface area contributed by atoms with Crippen LogP contribution in [0.5, 0.6) is 0 Å². The number of likely N-dealkylation sites (N-methyl/N-ethyl adjacent to an activating group) is 1. The van der Waals surface area contributed by atoms with E-state index >= 15 is 0 Å². The lowest BCUT2D eigenvalue weighted by Crippen LogP contribution is -2.38. The zero-order chi connectivity index (χ0) is 20.6. The van der Waals surface area contributed by atoms with Crippen LogP contribution < -0.4 is 4.90 Å². The van der Waals surface area contributed by atoms with Crippen LogP contribution in [-0.2, 0) is 0 Å². The highest BCUT2D eigenvalue weighted by Gasteiger charge is 2.26. The first-order chi connectivity index (χ1) is 13.2. The second-order valence-electron chi connectivity index (χ2n) is 7.89. The molecule has 3 rings (SSSR count). The zero-order valence-electron chi connectivity index (χ0n) is 17.8. The minimum Gasteiger partial charge on any atom is -0.308 e. The molecule has 0 saturated carbocycles. The first kappa shape index (κ1) is 20.5. The molecule has 0 saturated heterocycles. The van der Waals surface area contributed by atoms with Crippen molar-refractivity contribution < 1.29 is 4.79 Å². The number of carbonyl (C=O) groups is 1. The number of aryl methyl sites for hydroxylation is 3. The highest BCUT2D eigenvalue weighted by Crippen LogP contribution is 2.32. The van der Waals surface area contributed by atoms with E-state index < -0.39 is 0 Å². The summed E-state index contributed by atoms with van der Waals surface area (Å²) < 4.78 is 2.92. The van der Waals surface area contributed by atoms with Crippen LogP contribution in [0.2, 0.25) is 0 Å². The summed E-state index contributed by atoms with van der Waals surface area (Å²) >= 11 is 1.58. The van der Waals surface area contributed by atoms with Crippen molar-refractivity contribution >= 4 is 32.6 Å². The normalized spacial score (nSPS) is 11.8. The average Bonchev–Trinajstić information content (AvgIpc) is 3.18. The molecule has 150 valence electrons. The van der Waals surface area contributed by atoms with Crippen LogP contribution in [0.25, 0.3) is 10.2 Å². The van der Waals surface area contributed by atoms with Gasteiger partial charge in [-0.2, -0.15) is 5.10 Å². The lowest BCUT2D eigenvalue weighted by atomic mass is 10.1. The van der Waals surface area contributed by atoms with Gasteiger partial charge in [0.15, 0.2) is 5.13 Å². The summed E-state index contributed by atoms with van der Waals surface area (Å²) in [6.07, 6.45) is 0. The lowest BCUT2D eigenvalue weighted by Gasteiger charge is -2.22. The number of hydrogen-bond donors (Lipinski definition) is 0. The van der Waals surface area contributed by atoms with Crippen LogP contribution in [0.15, 0.2) is 18.2 Å². The third kappa shape index (κ3) is 4.10. The van der Waals surface area contributed by atoms with Crippen LogP contribution in [0, 0.1) is 20.8 Å². The summed E-state index contributed by atoms with van der Waals surface area (Å²) in [6, 6.07) is 6.26. The van der Waals surface area contributed by atoms with E-state index in [1.54, 1.807) is 16.2 Å². The van der Waals surface area contributed by atoms with Crippen molar-refractivity contribution in [3.8, 4) is 0 Å².